The number of carbonyl (C=O) groups excluding carboxylic acids is 1. The van der Waals surface area contributed by atoms with Gasteiger partial charge < -0.3 is 19.3 Å². The molecule has 2 aliphatic rings. The molecule has 148 valence electrons. The molecule has 2 aromatic rings. The number of amides is 1. The van der Waals surface area contributed by atoms with Gasteiger partial charge in [0.1, 0.15) is 0 Å². The van der Waals surface area contributed by atoms with E-state index in [9.17, 15) is 13.2 Å². The number of carbonyl (C=O) groups is 1. The molecule has 0 spiro atoms. The van der Waals surface area contributed by atoms with Crippen molar-refractivity contribution in [1.29, 1.82) is 0 Å². The molecule has 0 aromatic heterocycles. The summed E-state index contributed by atoms with van der Waals surface area (Å²) in [6.45, 7) is 2.61. The third-order valence-electron chi connectivity index (χ3n) is 4.67. The summed E-state index contributed by atoms with van der Waals surface area (Å²) in [4.78, 5) is 16.6. The van der Waals surface area contributed by atoms with Gasteiger partial charge in [-0.2, -0.15) is 8.42 Å². The molecule has 2 aliphatic heterocycles. The lowest BCUT2D eigenvalue weighted by Gasteiger charge is -2.36. The molecule has 1 fully saturated rings. The van der Waals surface area contributed by atoms with Crippen molar-refractivity contribution in [2.75, 3.05) is 42.6 Å². The number of piperazine rings is 1. The molecular weight excluding hydrogens is 386 g/mol. The fourth-order valence-electron chi connectivity index (χ4n) is 3.27. The highest BCUT2D eigenvalue weighted by Gasteiger charge is 2.24. The first kappa shape index (κ1) is 18.4. The first-order valence-electron chi connectivity index (χ1n) is 8.68. The second-order valence-corrected chi connectivity index (χ2v) is 7.63. The van der Waals surface area contributed by atoms with E-state index in [2.05, 4.69) is 4.90 Å². The Hall–Kier alpha value is -2.98. The topological polar surface area (TPSA) is 108 Å². The fourth-order valence-corrected chi connectivity index (χ4v) is 3.70. The monoisotopic (exact) mass is 405 g/mol. The van der Waals surface area contributed by atoms with E-state index in [-0.39, 0.29) is 18.4 Å². The lowest BCUT2D eigenvalue weighted by Crippen LogP contribution is -2.48. The second-order valence-electron chi connectivity index (χ2n) is 6.47. The average molecular weight is 405 g/mol. The third-order valence-corrected chi connectivity index (χ3v) is 5.16. The normalized spacial score (nSPS) is 16.2. The van der Waals surface area contributed by atoms with Crippen LogP contribution in [0, 0.1) is 0 Å². The zero-order valence-corrected chi connectivity index (χ0v) is 15.7. The van der Waals surface area contributed by atoms with Crippen molar-refractivity contribution < 1.29 is 27.2 Å². The van der Waals surface area contributed by atoms with Crippen LogP contribution < -0.4 is 19.1 Å². The molecule has 0 bridgehead atoms. The highest BCUT2D eigenvalue weighted by Crippen LogP contribution is 2.33. The molecule has 0 radical (unpaired) electrons. The summed E-state index contributed by atoms with van der Waals surface area (Å²) in [7, 11) is -4.29. The molecule has 4 rings (SSSR count). The van der Waals surface area contributed by atoms with Crippen LogP contribution in [-0.4, -0.2) is 56.7 Å². The van der Waals surface area contributed by atoms with Crippen molar-refractivity contribution in [1.82, 2.24) is 4.90 Å². The molecule has 9 nitrogen and oxygen atoms in total. The smallest absolute Gasteiger partial charge is 0.357 e. The van der Waals surface area contributed by atoms with E-state index >= 15 is 0 Å². The van der Waals surface area contributed by atoms with E-state index in [4.69, 9.17) is 14.0 Å². The standard InChI is InChI=1S/C18H19N3O6S/c22-18(13-1-6-16-17(11-13)27-12-26-16)21-9-7-20(8-10-21)15-4-2-14(3-5-15)19-28(23,24)25/h1-6,11,19H,7-10,12H2,(H,23,24,25). The minimum Gasteiger partial charge on any atom is -0.454 e. The lowest BCUT2D eigenvalue weighted by molar-refractivity contribution is 0.0746. The van der Waals surface area contributed by atoms with Gasteiger partial charge in [0.2, 0.25) is 6.79 Å². The van der Waals surface area contributed by atoms with Crippen LogP contribution in [0.1, 0.15) is 10.4 Å². The fraction of sp³-hybridized carbons (Fsp3) is 0.278. The Labute approximate surface area is 162 Å². The number of rotatable bonds is 4. The summed E-state index contributed by atoms with van der Waals surface area (Å²) in [5.41, 5.74) is 1.76. The van der Waals surface area contributed by atoms with E-state index in [0.717, 1.165) is 5.69 Å². The van der Waals surface area contributed by atoms with Gasteiger partial charge in [0.15, 0.2) is 11.5 Å². The van der Waals surface area contributed by atoms with Crippen LogP contribution in [-0.2, 0) is 10.3 Å². The summed E-state index contributed by atoms with van der Waals surface area (Å²) in [6.07, 6.45) is 0. The molecular formula is C18H19N3O6S. The largest absolute Gasteiger partial charge is 0.454 e. The summed E-state index contributed by atoms with van der Waals surface area (Å²) >= 11 is 0. The van der Waals surface area contributed by atoms with Gasteiger partial charge in [-0.15, -0.1) is 0 Å². The molecule has 0 unspecified atom stereocenters. The molecule has 2 heterocycles. The van der Waals surface area contributed by atoms with Gasteiger partial charge in [-0.05, 0) is 42.5 Å². The molecule has 0 saturated carbocycles. The van der Waals surface area contributed by atoms with Crippen LogP contribution in [0.25, 0.3) is 0 Å². The number of hydrogen-bond acceptors (Lipinski definition) is 6. The number of benzene rings is 2. The van der Waals surface area contributed by atoms with E-state index in [1.165, 1.54) is 0 Å². The number of hydrogen-bond donors (Lipinski definition) is 2. The number of fused-ring (bicyclic) bond motifs is 1. The molecule has 10 heteroatoms. The molecule has 1 saturated heterocycles. The van der Waals surface area contributed by atoms with Gasteiger partial charge in [-0.25, -0.2) is 0 Å². The Morgan fingerprint density at radius 1 is 0.964 bits per heavy atom. The summed E-state index contributed by atoms with van der Waals surface area (Å²) < 4.78 is 43.1. The van der Waals surface area contributed by atoms with E-state index < -0.39 is 10.3 Å². The highest BCUT2D eigenvalue weighted by molar-refractivity contribution is 7.87. The Bertz CT molecular complexity index is 985. The van der Waals surface area contributed by atoms with Gasteiger partial charge in [0.25, 0.3) is 5.91 Å². The van der Waals surface area contributed by atoms with E-state index in [0.29, 0.717) is 43.2 Å². The maximum Gasteiger partial charge on any atom is 0.357 e. The van der Waals surface area contributed by atoms with Crippen LogP contribution in [0.3, 0.4) is 0 Å². The molecule has 2 aromatic carbocycles. The zero-order valence-electron chi connectivity index (χ0n) is 14.9. The van der Waals surface area contributed by atoms with Gasteiger partial charge in [-0.3, -0.25) is 14.1 Å². The van der Waals surface area contributed by atoms with Crippen LogP contribution in [0.15, 0.2) is 42.5 Å². The molecule has 2 N–H and O–H groups in total. The van der Waals surface area contributed by atoms with Crippen LogP contribution in [0.4, 0.5) is 11.4 Å². The van der Waals surface area contributed by atoms with Crippen LogP contribution >= 0.6 is 0 Å². The molecule has 28 heavy (non-hydrogen) atoms. The minimum absolute atomic E-state index is 0.0503. The predicted molar refractivity (Wildman–Crippen MR) is 102 cm³/mol. The van der Waals surface area contributed by atoms with Gasteiger partial charge in [0, 0.05) is 37.4 Å². The average Bonchev–Trinajstić information content (AvgIpc) is 3.15. The molecule has 0 atom stereocenters. The summed E-state index contributed by atoms with van der Waals surface area (Å²) in [5.74, 6) is 1.18. The number of nitrogens with zero attached hydrogens (tertiary/aromatic N) is 2. The van der Waals surface area contributed by atoms with Crippen LogP contribution in [0.5, 0.6) is 11.5 Å². The Kier molecular flexibility index (Phi) is 4.73. The maximum absolute atomic E-state index is 12.7. The quantitative estimate of drug-likeness (QED) is 0.744. The number of nitrogens with one attached hydrogen (secondary N) is 1. The van der Waals surface area contributed by atoms with Crippen molar-refractivity contribution in [3.63, 3.8) is 0 Å². The van der Waals surface area contributed by atoms with Gasteiger partial charge >= 0.3 is 10.3 Å². The Balaban J connectivity index is 1.37. The number of ether oxygens (including phenoxy) is 2. The first-order valence-corrected chi connectivity index (χ1v) is 10.1. The SMILES string of the molecule is O=C(c1ccc2c(c1)OCO2)N1CCN(c2ccc(NS(=O)(=O)O)cc2)CC1. The van der Waals surface area contributed by atoms with Gasteiger partial charge in [0.05, 0.1) is 5.69 Å². The highest BCUT2D eigenvalue weighted by atomic mass is 32.2. The summed E-state index contributed by atoms with van der Waals surface area (Å²) in [6, 6.07) is 11.9. The second kappa shape index (κ2) is 7.21. The minimum atomic E-state index is -4.29. The van der Waals surface area contributed by atoms with Crippen molar-refractivity contribution >= 4 is 27.6 Å². The Morgan fingerprint density at radius 3 is 2.32 bits per heavy atom. The summed E-state index contributed by atoms with van der Waals surface area (Å²) in [5, 5.41) is 0. The van der Waals surface area contributed by atoms with Crippen molar-refractivity contribution in [2.24, 2.45) is 0 Å². The first-order chi connectivity index (χ1) is 13.4. The van der Waals surface area contributed by atoms with Crippen molar-refractivity contribution in [2.45, 2.75) is 0 Å². The van der Waals surface area contributed by atoms with Crippen molar-refractivity contribution in [3.05, 3.63) is 48.0 Å². The zero-order chi connectivity index (χ0) is 19.7. The molecule has 0 aliphatic carbocycles. The Morgan fingerprint density at radius 2 is 1.64 bits per heavy atom. The van der Waals surface area contributed by atoms with Crippen molar-refractivity contribution in [3.8, 4) is 11.5 Å². The van der Waals surface area contributed by atoms with E-state index in [1.54, 1.807) is 47.4 Å². The number of anilines is 2. The maximum atomic E-state index is 12.7. The molecule has 1 amide bonds. The third kappa shape index (κ3) is 3.97. The van der Waals surface area contributed by atoms with Crippen LogP contribution in [0.2, 0.25) is 0 Å². The lowest BCUT2D eigenvalue weighted by atomic mass is 10.1. The van der Waals surface area contributed by atoms with Gasteiger partial charge in [-0.1, -0.05) is 0 Å². The van der Waals surface area contributed by atoms with E-state index in [1.807, 2.05) is 4.72 Å². The predicted octanol–water partition coefficient (Wildman–Crippen LogP) is 1.59.